The fourth-order valence-electron chi connectivity index (χ4n) is 4.86. The molecule has 1 atom stereocenters. The van der Waals surface area contributed by atoms with Crippen LogP contribution in [0.5, 0.6) is 5.75 Å². The molecule has 3 heterocycles. The molecule has 1 saturated heterocycles. The standard InChI is InChI=1S/C32H37FN6O3S/c1-5-43(4)37(3)27-19-26(38-17-15-36(2)16-18-38)21-39-30(27)35-28(31(40)34-20-23-11-13-25(33)14-12-23)29(32(39)41)42-22-24-9-7-6-8-10-24/h5-14,19,21H,15-18,20,22H2,1-4H3,(H,34,40). The number of pyridine rings is 1. The van der Waals surface area contributed by atoms with Crippen molar-refractivity contribution in [2.75, 3.05) is 55.7 Å². The van der Waals surface area contributed by atoms with Crippen molar-refractivity contribution in [1.82, 2.24) is 19.6 Å². The second-order valence-corrected chi connectivity index (χ2v) is 12.6. The lowest BCUT2D eigenvalue weighted by Gasteiger charge is -2.35. The number of halogens is 1. The first-order valence-corrected chi connectivity index (χ1v) is 15.8. The summed E-state index contributed by atoms with van der Waals surface area (Å²) in [7, 11) is 3.79. The second kappa shape index (κ2) is 13.4. The highest BCUT2D eigenvalue weighted by Gasteiger charge is 2.25. The number of carbonyl (C=O) groups excluding carboxylic acids is 1. The van der Waals surface area contributed by atoms with E-state index in [0.717, 1.165) is 43.1 Å². The Labute approximate surface area is 253 Å². The van der Waals surface area contributed by atoms with Gasteiger partial charge in [0.2, 0.25) is 5.75 Å². The molecule has 2 aromatic heterocycles. The van der Waals surface area contributed by atoms with Gasteiger partial charge in [0.25, 0.3) is 5.91 Å². The maximum atomic E-state index is 14.2. The zero-order valence-corrected chi connectivity index (χ0v) is 25.7. The van der Waals surface area contributed by atoms with E-state index in [2.05, 4.69) is 38.1 Å². The van der Waals surface area contributed by atoms with Crippen LogP contribution >= 0.6 is 10.7 Å². The summed E-state index contributed by atoms with van der Waals surface area (Å²) in [6.07, 6.45) is 3.89. The summed E-state index contributed by atoms with van der Waals surface area (Å²) in [5.41, 5.74) is 3.01. The third-order valence-corrected chi connectivity index (χ3v) is 9.38. The molecule has 43 heavy (non-hydrogen) atoms. The number of hydrogen-bond donors (Lipinski definition) is 1. The topological polar surface area (TPSA) is 82.4 Å². The summed E-state index contributed by atoms with van der Waals surface area (Å²) in [4.78, 5) is 37.2. The van der Waals surface area contributed by atoms with Gasteiger partial charge in [0.15, 0.2) is 11.3 Å². The summed E-state index contributed by atoms with van der Waals surface area (Å²) in [5.74, 6) is -1.04. The molecule has 9 nitrogen and oxygen atoms in total. The maximum Gasteiger partial charge on any atom is 0.301 e. The first kappa shape index (κ1) is 30.2. The Balaban J connectivity index is 1.63. The smallest absolute Gasteiger partial charge is 0.301 e. The number of ether oxygens (including phenoxy) is 1. The number of rotatable bonds is 9. The fraction of sp³-hybridized carbons (Fsp3) is 0.312. The molecule has 2 aromatic carbocycles. The lowest BCUT2D eigenvalue weighted by molar-refractivity contribution is 0.0940. The van der Waals surface area contributed by atoms with Gasteiger partial charge in [0.05, 0.1) is 11.4 Å². The summed E-state index contributed by atoms with van der Waals surface area (Å²) in [5, 5.41) is 4.92. The molecule has 1 N–H and O–H groups in total. The molecule has 0 aliphatic carbocycles. The minimum Gasteiger partial charge on any atom is -0.481 e. The van der Waals surface area contributed by atoms with Crippen LogP contribution in [0.1, 0.15) is 28.5 Å². The summed E-state index contributed by atoms with van der Waals surface area (Å²) >= 11 is 0. The zero-order valence-electron chi connectivity index (χ0n) is 24.9. The van der Waals surface area contributed by atoms with E-state index in [0.29, 0.717) is 11.2 Å². The lowest BCUT2D eigenvalue weighted by Crippen LogP contribution is -2.44. The molecule has 1 amide bonds. The van der Waals surface area contributed by atoms with Crippen LogP contribution in [-0.4, -0.2) is 72.1 Å². The van der Waals surface area contributed by atoms with Crippen LogP contribution < -0.4 is 24.8 Å². The first-order valence-electron chi connectivity index (χ1n) is 14.2. The molecular formula is C32H37FN6O3S. The maximum absolute atomic E-state index is 14.2. The summed E-state index contributed by atoms with van der Waals surface area (Å²) in [6, 6.07) is 17.4. The SMILES string of the molecule is CC=S(C)N(C)c1cc(N2CCN(C)CC2)cn2c(=O)c(OCc3ccccc3)c(C(=O)NCc3ccc(F)cc3)nc12. The van der Waals surface area contributed by atoms with E-state index in [-0.39, 0.29) is 41.1 Å². The first-order chi connectivity index (χ1) is 20.7. The van der Waals surface area contributed by atoms with Crippen molar-refractivity contribution in [2.45, 2.75) is 20.1 Å². The monoisotopic (exact) mass is 604 g/mol. The Morgan fingerprint density at radius 1 is 1.09 bits per heavy atom. The van der Waals surface area contributed by atoms with Gasteiger partial charge in [-0.3, -0.25) is 14.0 Å². The van der Waals surface area contributed by atoms with Crippen molar-refractivity contribution in [2.24, 2.45) is 0 Å². The Bertz CT molecular complexity index is 1690. The summed E-state index contributed by atoms with van der Waals surface area (Å²) < 4.78 is 23.1. The van der Waals surface area contributed by atoms with Crippen LogP contribution in [0.2, 0.25) is 0 Å². The van der Waals surface area contributed by atoms with E-state index >= 15 is 0 Å². The molecule has 0 saturated carbocycles. The Hall–Kier alpha value is -4.22. The van der Waals surface area contributed by atoms with Gasteiger partial charge in [0.1, 0.15) is 12.4 Å². The Kier molecular flexibility index (Phi) is 9.42. The van der Waals surface area contributed by atoms with Crippen molar-refractivity contribution in [3.8, 4) is 5.75 Å². The van der Waals surface area contributed by atoms with Crippen molar-refractivity contribution >= 4 is 39.0 Å². The van der Waals surface area contributed by atoms with Gasteiger partial charge in [-0.05, 0) is 54.9 Å². The normalized spacial score (nSPS) is 14.6. The molecule has 0 spiro atoms. The van der Waals surface area contributed by atoms with Crippen molar-refractivity contribution in [3.63, 3.8) is 0 Å². The number of hydrogen-bond acceptors (Lipinski definition) is 7. The van der Waals surface area contributed by atoms with Crippen molar-refractivity contribution in [3.05, 3.63) is 99.9 Å². The molecule has 1 unspecified atom stereocenters. The molecule has 5 rings (SSSR count). The average molecular weight is 605 g/mol. The lowest BCUT2D eigenvalue weighted by atomic mass is 10.2. The third kappa shape index (κ3) is 6.89. The molecule has 4 aromatic rings. The van der Waals surface area contributed by atoms with Crippen LogP contribution in [0.3, 0.4) is 0 Å². The van der Waals surface area contributed by atoms with Gasteiger partial charge in [-0.1, -0.05) is 42.5 Å². The van der Waals surface area contributed by atoms with E-state index in [9.17, 15) is 14.0 Å². The fourth-order valence-corrected chi connectivity index (χ4v) is 5.62. The van der Waals surface area contributed by atoms with Gasteiger partial charge in [-0.25, -0.2) is 9.37 Å². The number of carbonyl (C=O) groups is 1. The number of benzene rings is 2. The highest BCUT2D eigenvalue weighted by molar-refractivity contribution is 8.15. The summed E-state index contributed by atoms with van der Waals surface area (Å²) in [6.45, 7) is 5.70. The number of nitrogens with zero attached hydrogens (tertiary/aromatic N) is 5. The van der Waals surface area contributed by atoms with Crippen molar-refractivity contribution < 1.29 is 13.9 Å². The molecule has 0 bridgehead atoms. The second-order valence-electron chi connectivity index (χ2n) is 10.5. The van der Waals surface area contributed by atoms with Crippen LogP contribution in [0.25, 0.3) is 5.65 Å². The van der Waals surface area contributed by atoms with Gasteiger partial charge in [-0.15, -0.1) is 10.7 Å². The van der Waals surface area contributed by atoms with E-state index in [1.807, 2.05) is 50.4 Å². The highest BCUT2D eigenvalue weighted by atomic mass is 32.2. The Morgan fingerprint density at radius 3 is 2.47 bits per heavy atom. The molecule has 0 radical (unpaired) electrons. The molecule has 1 aliphatic rings. The van der Waals surface area contributed by atoms with Crippen LogP contribution in [0.15, 0.2) is 71.7 Å². The number of nitrogens with one attached hydrogen (secondary N) is 1. The zero-order chi connectivity index (χ0) is 30.5. The minimum atomic E-state index is -0.554. The number of aromatic nitrogens is 2. The van der Waals surface area contributed by atoms with Crippen molar-refractivity contribution in [1.29, 1.82) is 0 Å². The number of amides is 1. The van der Waals surface area contributed by atoms with E-state index in [1.165, 1.54) is 16.5 Å². The quantitative estimate of drug-likeness (QED) is 0.287. The highest BCUT2D eigenvalue weighted by Crippen LogP contribution is 2.32. The number of piperazine rings is 1. The molecular weight excluding hydrogens is 567 g/mol. The van der Waals surface area contributed by atoms with Gasteiger partial charge in [-0.2, -0.15) is 0 Å². The minimum absolute atomic E-state index is 0.0934. The number of likely N-dealkylation sites (N-methyl/N-ethyl adjacent to an activating group) is 1. The average Bonchev–Trinajstić information content (AvgIpc) is 3.03. The van der Waals surface area contributed by atoms with Crippen LogP contribution in [-0.2, 0) is 13.2 Å². The largest absolute Gasteiger partial charge is 0.481 e. The van der Waals surface area contributed by atoms with Gasteiger partial charge >= 0.3 is 5.56 Å². The predicted molar refractivity (Wildman–Crippen MR) is 173 cm³/mol. The van der Waals surface area contributed by atoms with Crippen LogP contribution in [0, 0.1) is 5.82 Å². The predicted octanol–water partition coefficient (Wildman–Crippen LogP) is 4.17. The van der Waals surface area contributed by atoms with Gasteiger partial charge in [0, 0.05) is 46.0 Å². The van der Waals surface area contributed by atoms with E-state index < -0.39 is 11.5 Å². The number of anilines is 2. The van der Waals surface area contributed by atoms with E-state index in [1.54, 1.807) is 18.3 Å². The molecule has 1 aliphatic heterocycles. The molecule has 1 fully saturated rings. The Morgan fingerprint density at radius 2 is 1.79 bits per heavy atom. The van der Waals surface area contributed by atoms with Crippen LogP contribution in [0.4, 0.5) is 15.8 Å². The molecule has 226 valence electrons. The van der Waals surface area contributed by atoms with E-state index in [4.69, 9.17) is 9.72 Å². The number of fused-ring (bicyclic) bond motifs is 1. The molecule has 11 heteroatoms. The third-order valence-electron chi connectivity index (χ3n) is 7.64. The van der Waals surface area contributed by atoms with Gasteiger partial charge < -0.3 is 24.2 Å².